The van der Waals surface area contributed by atoms with Crippen LogP contribution in [0.5, 0.6) is 0 Å². The van der Waals surface area contributed by atoms with Crippen LogP contribution in [0.4, 0.5) is 26.5 Å². The maximum atomic E-state index is 13.7. The maximum absolute atomic E-state index is 13.7. The van der Waals surface area contributed by atoms with E-state index in [0.717, 1.165) is 0 Å². The maximum Gasteiger partial charge on any atom is 0.411 e. The second-order valence-corrected chi connectivity index (χ2v) is 5.92. The molecule has 0 bridgehead atoms. The monoisotopic (exact) mass is 394 g/mol. The van der Waals surface area contributed by atoms with E-state index in [1.807, 2.05) is 0 Å². The summed E-state index contributed by atoms with van der Waals surface area (Å²) in [7, 11) is 1.20. The number of pyridine rings is 1. The standard InChI is InChI=1S/C18H15FN8O2/c1-29-18(28)23-13-14(20)24-16(25-15(13)21)12-11-6-3-7-22-17(11)27(26-12)10-5-2-4-9(19)8-10/h2-8H,1H3,(H,23,28)(H4,20,21,24,25). The molecule has 0 saturated carbocycles. The Labute approximate surface area is 163 Å². The van der Waals surface area contributed by atoms with Crippen molar-refractivity contribution in [3.63, 3.8) is 0 Å². The molecule has 1 aromatic carbocycles. The lowest BCUT2D eigenvalue weighted by Crippen LogP contribution is -2.16. The number of amides is 1. The molecule has 4 aromatic rings. The molecule has 146 valence electrons. The lowest BCUT2D eigenvalue weighted by Gasteiger charge is -2.10. The summed E-state index contributed by atoms with van der Waals surface area (Å²) >= 11 is 0. The van der Waals surface area contributed by atoms with Gasteiger partial charge in [0.15, 0.2) is 23.1 Å². The molecule has 3 aromatic heterocycles. The summed E-state index contributed by atoms with van der Waals surface area (Å²) in [5.74, 6) is -0.402. The summed E-state index contributed by atoms with van der Waals surface area (Å²) in [6.07, 6.45) is 0.834. The number of nitrogens with two attached hydrogens (primary N) is 2. The van der Waals surface area contributed by atoms with Crippen molar-refractivity contribution in [2.75, 3.05) is 23.9 Å². The molecule has 4 rings (SSSR count). The van der Waals surface area contributed by atoms with Crippen LogP contribution in [0.1, 0.15) is 0 Å². The highest BCUT2D eigenvalue weighted by atomic mass is 19.1. The van der Waals surface area contributed by atoms with Crippen molar-refractivity contribution in [1.29, 1.82) is 0 Å². The Kier molecular flexibility index (Phi) is 4.39. The number of nitrogen functional groups attached to an aromatic ring is 2. The van der Waals surface area contributed by atoms with Gasteiger partial charge in [0, 0.05) is 6.20 Å². The highest BCUT2D eigenvalue weighted by molar-refractivity contribution is 5.94. The van der Waals surface area contributed by atoms with Gasteiger partial charge in [0.05, 0.1) is 18.2 Å². The number of methoxy groups -OCH3 is 1. The topological polar surface area (TPSA) is 147 Å². The first kappa shape index (κ1) is 18.1. The average molecular weight is 394 g/mol. The van der Waals surface area contributed by atoms with E-state index < -0.39 is 11.9 Å². The summed E-state index contributed by atoms with van der Waals surface area (Å²) in [4.78, 5) is 24.2. The fraction of sp³-hybridized carbons (Fsp3) is 0.0556. The first-order chi connectivity index (χ1) is 14.0. The fourth-order valence-electron chi connectivity index (χ4n) is 2.79. The van der Waals surface area contributed by atoms with Gasteiger partial charge in [-0.1, -0.05) is 6.07 Å². The van der Waals surface area contributed by atoms with Gasteiger partial charge in [-0.2, -0.15) is 5.10 Å². The summed E-state index contributed by atoms with van der Waals surface area (Å²) in [6.45, 7) is 0. The average Bonchev–Trinajstić information content (AvgIpc) is 3.10. The van der Waals surface area contributed by atoms with Crippen LogP contribution < -0.4 is 16.8 Å². The van der Waals surface area contributed by atoms with Crippen molar-refractivity contribution in [2.45, 2.75) is 0 Å². The molecule has 0 atom stereocenters. The number of rotatable bonds is 3. The quantitative estimate of drug-likeness (QED) is 0.480. The van der Waals surface area contributed by atoms with E-state index in [9.17, 15) is 9.18 Å². The van der Waals surface area contributed by atoms with Crippen molar-refractivity contribution < 1.29 is 13.9 Å². The number of carbonyl (C=O) groups is 1. The molecule has 0 unspecified atom stereocenters. The van der Waals surface area contributed by atoms with E-state index in [-0.39, 0.29) is 23.1 Å². The Morgan fingerprint density at radius 2 is 1.93 bits per heavy atom. The van der Waals surface area contributed by atoms with Gasteiger partial charge in [-0.05, 0) is 30.3 Å². The van der Waals surface area contributed by atoms with Gasteiger partial charge < -0.3 is 16.2 Å². The first-order valence-electron chi connectivity index (χ1n) is 8.36. The van der Waals surface area contributed by atoms with E-state index in [1.165, 1.54) is 23.9 Å². The van der Waals surface area contributed by atoms with Crippen LogP contribution in [0.25, 0.3) is 28.2 Å². The molecule has 1 amide bonds. The molecule has 0 radical (unpaired) electrons. The molecule has 0 fully saturated rings. The number of anilines is 3. The van der Waals surface area contributed by atoms with Crippen molar-refractivity contribution in [2.24, 2.45) is 0 Å². The van der Waals surface area contributed by atoms with Gasteiger partial charge in [0.2, 0.25) is 0 Å². The van der Waals surface area contributed by atoms with Crippen LogP contribution in [0.15, 0.2) is 42.6 Å². The summed E-state index contributed by atoms with van der Waals surface area (Å²) in [5, 5.41) is 7.48. The Hall–Kier alpha value is -4.28. The van der Waals surface area contributed by atoms with Crippen LogP contribution in [-0.2, 0) is 4.74 Å². The number of nitrogens with one attached hydrogen (secondary N) is 1. The summed E-state index contributed by atoms with van der Waals surface area (Å²) in [5.41, 5.74) is 13.2. The highest BCUT2D eigenvalue weighted by Gasteiger charge is 2.20. The Morgan fingerprint density at radius 3 is 2.62 bits per heavy atom. The van der Waals surface area contributed by atoms with Crippen LogP contribution >= 0.6 is 0 Å². The van der Waals surface area contributed by atoms with Gasteiger partial charge in [-0.15, -0.1) is 0 Å². The zero-order valence-electron chi connectivity index (χ0n) is 15.1. The Bertz CT molecular complexity index is 1220. The summed E-state index contributed by atoms with van der Waals surface area (Å²) < 4.78 is 19.7. The second-order valence-electron chi connectivity index (χ2n) is 5.92. The van der Waals surface area contributed by atoms with E-state index >= 15 is 0 Å². The van der Waals surface area contributed by atoms with Crippen molar-refractivity contribution in [3.8, 4) is 17.2 Å². The number of ether oxygens (including phenoxy) is 1. The zero-order chi connectivity index (χ0) is 20.5. The van der Waals surface area contributed by atoms with Gasteiger partial charge in [0.1, 0.15) is 17.2 Å². The molecular weight excluding hydrogens is 379 g/mol. The minimum Gasteiger partial charge on any atom is -0.453 e. The normalized spacial score (nSPS) is 10.8. The molecule has 0 saturated heterocycles. The molecule has 0 spiro atoms. The molecule has 11 heteroatoms. The molecule has 0 aliphatic carbocycles. The lowest BCUT2D eigenvalue weighted by molar-refractivity contribution is 0.187. The van der Waals surface area contributed by atoms with E-state index in [4.69, 9.17) is 11.5 Å². The van der Waals surface area contributed by atoms with Crippen molar-refractivity contribution >= 4 is 34.4 Å². The largest absolute Gasteiger partial charge is 0.453 e. The molecule has 29 heavy (non-hydrogen) atoms. The number of hydrogen-bond donors (Lipinski definition) is 3. The van der Waals surface area contributed by atoms with Crippen molar-refractivity contribution in [1.82, 2.24) is 24.7 Å². The molecule has 10 nitrogen and oxygen atoms in total. The number of carbonyl (C=O) groups excluding carboxylic acids is 1. The van der Waals surface area contributed by atoms with Gasteiger partial charge in [0.25, 0.3) is 0 Å². The van der Waals surface area contributed by atoms with Crippen LogP contribution in [-0.4, -0.2) is 37.9 Å². The second kappa shape index (κ2) is 7.03. The third-order valence-corrected chi connectivity index (χ3v) is 4.08. The number of aromatic nitrogens is 5. The van der Waals surface area contributed by atoms with E-state index in [0.29, 0.717) is 22.4 Å². The zero-order valence-corrected chi connectivity index (χ0v) is 15.1. The number of nitrogens with zero attached hydrogens (tertiary/aromatic N) is 5. The fourth-order valence-corrected chi connectivity index (χ4v) is 2.79. The smallest absolute Gasteiger partial charge is 0.411 e. The molecule has 5 N–H and O–H groups in total. The molecular formula is C18H15FN8O2. The number of hydrogen-bond acceptors (Lipinski definition) is 8. The predicted octanol–water partition coefficient (Wildman–Crippen LogP) is 2.36. The molecule has 3 heterocycles. The minimum absolute atomic E-state index is 0.0348. The SMILES string of the molecule is COC(=O)Nc1c(N)nc(-c2nn(-c3cccc(F)c3)c3ncccc23)nc1N. The third kappa shape index (κ3) is 3.25. The number of halogens is 1. The lowest BCUT2D eigenvalue weighted by atomic mass is 10.2. The van der Waals surface area contributed by atoms with E-state index in [1.54, 1.807) is 30.5 Å². The predicted molar refractivity (Wildman–Crippen MR) is 105 cm³/mol. The molecule has 0 aliphatic heterocycles. The minimum atomic E-state index is -0.759. The van der Waals surface area contributed by atoms with Crippen molar-refractivity contribution in [3.05, 3.63) is 48.4 Å². The van der Waals surface area contributed by atoms with E-state index in [2.05, 4.69) is 30.1 Å². The highest BCUT2D eigenvalue weighted by Crippen LogP contribution is 2.31. The Morgan fingerprint density at radius 1 is 1.17 bits per heavy atom. The van der Waals surface area contributed by atoms with Crippen LogP contribution in [0.3, 0.4) is 0 Å². The molecule has 0 aliphatic rings. The number of benzene rings is 1. The third-order valence-electron chi connectivity index (χ3n) is 4.08. The van der Waals surface area contributed by atoms with Crippen LogP contribution in [0, 0.1) is 5.82 Å². The summed E-state index contributed by atoms with van der Waals surface area (Å²) in [6, 6.07) is 9.43. The Balaban J connectivity index is 1.88. The van der Waals surface area contributed by atoms with Crippen LogP contribution in [0.2, 0.25) is 0 Å². The first-order valence-corrected chi connectivity index (χ1v) is 8.36. The van der Waals surface area contributed by atoms with Gasteiger partial charge in [-0.25, -0.2) is 28.8 Å². The number of fused-ring (bicyclic) bond motifs is 1. The van der Waals surface area contributed by atoms with Gasteiger partial charge >= 0.3 is 6.09 Å². The van der Waals surface area contributed by atoms with Gasteiger partial charge in [-0.3, -0.25) is 5.32 Å².